The maximum Gasteiger partial charge on any atom is 0.355 e. The monoisotopic (exact) mass is 229 g/mol. The highest BCUT2D eigenvalue weighted by Crippen LogP contribution is 2.18. The number of likely N-dealkylation sites (N-methyl/N-ethyl adjacent to an activating group) is 2. The van der Waals surface area contributed by atoms with Crippen LogP contribution in [0.3, 0.4) is 0 Å². The zero-order valence-corrected chi connectivity index (χ0v) is 9.91. The Kier molecular flexibility index (Phi) is 4.05. The molecule has 0 aliphatic heterocycles. The minimum Gasteiger partial charge on any atom is -0.476 e. The molecule has 0 aromatic carbocycles. The Hall–Kier alpha value is -1.14. The summed E-state index contributed by atoms with van der Waals surface area (Å²) in [5.41, 5.74) is 0.117. The van der Waals surface area contributed by atoms with Crippen LogP contribution in [0.15, 0.2) is 5.38 Å². The minimum atomic E-state index is -0.974. The normalized spacial score (nSPS) is 10.7. The second-order valence-electron chi connectivity index (χ2n) is 3.55. The number of aromatic nitrogens is 1. The summed E-state index contributed by atoms with van der Waals surface area (Å²) < 4.78 is 0. The average molecular weight is 229 g/mol. The third kappa shape index (κ3) is 3.49. The molecular formula is C9H15N3O2S. The van der Waals surface area contributed by atoms with Crippen molar-refractivity contribution < 1.29 is 9.90 Å². The van der Waals surface area contributed by atoms with Gasteiger partial charge in [0.1, 0.15) is 0 Å². The molecule has 0 spiro atoms. The van der Waals surface area contributed by atoms with Crippen LogP contribution >= 0.6 is 11.3 Å². The highest BCUT2D eigenvalue weighted by molar-refractivity contribution is 7.13. The van der Waals surface area contributed by atoms with Crippen molar-refractivity contribution in [2.24, 2.45) is 0 Å². The molecule has 84 valence electrons. The van der Waals surface area contributed by atoms with E-state index >= 15 is 0 Å². The van der Waals surface area contributed by atoms with Crippen molar-refractivity contribution in [1.29, 1.82) is 0 Å². The lowest BCUT2D eigenvalue weighted by molar-refractivity contribution is 0.0691. The summed E-state index contributed by atoms with van der Waals surface area (Å²) >= 11 is 1.35. The minimum absolute atomic E-state index is 0.117. The first-order valence-corrected chi connectivity index (χ1v) is 5.43. The van der Waals surface area contributed by atoms with Gasteiger partial charge in [-0.15, -0.1) is 11.3 Å². The van der Waals surface area contributed by atoms with Gasteiger partial charge in [-0.25, -0.2) is 9.78 Å². The molecule has 0 fully saturated rings. The molecular weight excluding hydrogens is 214 g/mol. The van der Waals surface area contributed by atoms with E-state index in [1.54, 1.807) is 5.38 Å². The van der Waals surface area contributed by atoms with E-state index in [0.717, 1.165) is 18.2 Å². The molecule has 5 nitrogen and oxygen atoms in total. The van der Waals surface area contributed by atoms with Gasteiger partial charge in [-0.1, -0.05) is 0 Å². The van der Waals surface area contributed by atoms with Crippen LogP contribution < -0.4 is 4.90 Å². The molecule has 0 aliphatic rings. The summed E-state index contributed by atoms with van der Waals surface area (Å²) in [4.78, 5) is 18.7. The first kappa shape index (κ1) is 11.9. The molecule has 0 atom stereocenters. The molecule has 6 heteroatoms. The van der Waals surface area contributed by atoms with E-state index in [2.05, 4.69) is 9.88 Å². The summed E-state index contributed by atoms with van der Waals surface area (Å²) in [5, 5.41) is 11.0. The Morgan fingerprint density at radius 2 is 2.13 bits per heavy atom. The fourth-order valence-corrected chi connectivity index (χ4v) is 1.78. The van der Waals surface area contributed by atoms with Crippen LogP contribution in [-0.4, -0.2) is 55.2 Å². The number of carboxylic acid groups (broad SMARTS) is 1. The number of rotatable bonds is 5. The van der Waals surface area contributed by atoms with Crippen LogP contribution in [0.2, 0.25) is 0 Å². The van der Waals surface area contributed by atoms with Crippen molar-refractivity contribution >= 4 is 22.4 Å². The van der Waals surface area contributed by atoms with Gasteiger partial charge in [-0.3, -0.25) is 0 Å². The van der Waals surface area contributed by atoms with Crippen LogP contribution in [0.4, 0.5) is 5.13 Å². The van der Waals surface area contributed by atoms with E-state index in [-0.39, 0.29) is 5.69 Å². The third-order valence-electron chi connectivity index (χ3n) is 1.92. The van der Waals surface area contributed by atoms with Gasteiger partial charge in [0, 0.05) is 25.5 Å². The van der Waals surface area contributed by atoms with E-state index in [1.807, 2.05) is 26.0 Å². The zero-order valence-electron chi connectivity index (χ0n) is 9.10. The molecule has 1 N–H and O–H groups in total. The Labute approximate surface area is 93.0 Å². The average Bonchev–Trinajstić information content (AvgIpc) is 2.62. The number of hydrogen-bond acceptors (Lipinski definition) is 5. The van der Waals surface area contributed by atoms with E-state index in [9.17, 15) is 4.79 Å². The predicted molar refractivity (Wildman–Crippen MR) is 60.9 cm³/mol. The molecule has 0 bridgehead atoms. The Balaban J connectivity index is 2.58. The van der Waals surface area contributed by atoms with Crippen molar-refractivity contribution in [3.05, 3.63) is 11.1 Å². The van der Waals surface area contributed by atoms with Crippen molar-refractivity contribution in [3.8, 4) is 0 Å². The maximum absolute atomic E-state index is 10.6. The largest absolute Gasteiger partial charge is 0.476 e. The van der Waals surface area contributed by atoms with Crippen molar-refractivity contribution in [2.45, 2.75) is 0 Å². The summed E-state index contributed by atoms with van der Waals surface area (Å²) in [5.74, 6) is -0.974. The molecule has 0 radical (unpaired) electrons. The SMILES string of the molecule is CN(C)CCN(C)c1nc(C(=O)O)cs1. The molecule has 0 saturated heterocycles. The lowest BCUT2D eigenvalue weighted by Gasteiger charge is -2.18. The summed E-state index contributed by atoms with van der Waals surface area (Å²) in [6.07, 6.45) is 0. The fraction of sp³-hybridized carbons (Fsp3) is 0.556. The number of nitrogens with zero attached hydrogens (tertiary/aromatic N) is 3. The van der Waals surface area contributed by atoms with Crippen LogP contribution in [0.1, 0.15) is 10.5 Å². The molecule has 0 unspecified atom stereocenters. The van der Waals surface area contributed by atoms with Gasteiger partial charge in [0.15, 0.2) is 10.8 Å². The fourth-order valence-electron chi connectivity index (χ4n) is 0.983. The van der Waals surface area contributed by atoms with Gasteiger partial charge in [0.25, 0.3) is 0 Å². The Morgan fingerprint density at radius 3 is 2.60 bits per heavy atom. The van der Waals surface area contributed by atoms with E-state index in [1.165, 1.54) is 11.3 Å². The Morgan fingerprint density at radius 1 is 1.47 bits per heavy atom. The number of carbonyl (C=O) groups is 1. The topological polar surface area (TPSA) is 56.7 Å². The molecule has 1 heterocycles. The van der Waals surface area contributed by atoms with E-state index < -0.39 is 5.97 Å². The number of aromatic carboxylic acids is 1. The van der Waals surface area contributed by atoms with Crippen LogP contribution in [0.25, 0.3) is 0 Å². The quantitative estimate of drug-likeness (QED) is 0.810. The number of thiazole rings is 1. The van der Waals surface area contributed by atoms with Gasteiger partial charge in [0.05, 0.1) is 0 Å². The van der Waals surface area contributed by atoms with Gasteiger partial charge < -0.3 is 14.9 Å². The van der Waals surface area contributed by atoms with Gasteiger partial charge >= 0.3 is 5.97 Å². The Bertz CT molecular complexity index is 338. The van der Waals surface area contributed by atoms with Crippen LogP contribution in [0, 0.1) is 0 Å². The lowest BCUT2D eigenvalue weighted by atomic mass is 10.5. The maximum atomic E-state index is 10.6. The summed E-state index contributed by atoms with van der Waals surface area (Å²) in [7, 11) is 5.91. The highest BCUT2D eigenvalue weighted by atomic mass is 32.1. The second-order valence-corrected chi connectivity index (χ2v) is 4.38. The highest BCUT2D eigenvalue weighted by Gasteiger charge is 2.11. The number of carboxylic acids is 1. The molecule has 0 amide bonds. The lowest BCUT2D eigenvalue weighted by Crippen LogP contribution is -2.28. The van der Waals surface area contributed by atoms with Crippen molar-refractivity contribution in [1.82, 2.24) is 9.88 Å². The van der Waals surface area contributed by atoms with Crippen LogP contribution in [-0.2, 0) is 0 Å². The first-order chi connectivity index (χ1) is 7.00. The standard InChI is InChI=1S/C9H15N3O2S/c1-11(2)4-5-12(3)9-10-7(6-15-9)8(13)14/h6H,4-5H2,1-3H3,(H,13,14). The predicted octanol–water partition coefficient (Wildman–Crippen LogP) is 0.839. The molecule has 15 heavy (non-hydrogen) atoms. The molecule has 0 saturated carbocycles. The van der Waals surface area contributed by atoms with E-state index in [0.29, 0.717) is 0 Å². The number of anilines is 1. The van der Waals surface area contributed by atoms with Crippen LogP contribution in [0.5, 0.6) is 0 Å². The second kappa shape index (κ2) is 5.09. The van der Waals surface area contributed by atoms with Crippen molar-refractivity contribution in [3.63, 3.8) is 0 Å². The smallest absolute Gasteiger partial charge is 0.355 e. The van der Waals surface area contributed by atoms with Gasteiger partial charge in [0.2, 0.25) is 0 Å². The first-order valence-electron chi connectivity index (χ1n) is 4.55. The number of hydrogen-bond donors (Lipinski definition) is 1. The molecule has 1 aromatic rings. The van der Waals surface area contributed by atoms with E-state index in [4.69, 9.17) is 5.11 Å². The van der Waals surface area contributed by atoms with Gasteiger partial charge in [-0.05, 0) is 14.1 Å². The molecule has 1 rings (SSSR count). The summed E-state index contributed by atoms with van der Waals surface area (Å²) in [6.45, 7) is 1.75. The zero-order chi connectivity index (χ0) is 11.4. The van der Waals surface area contributed by atoms with Crippen molar-refractivity contribution in [2.75, 3.05) is 39.1 Å². The molecule has 0 aliphatic carbocycles. The van der Waals surface area contributed by atoms with Gasteiger partial charge in [-0.2, -0.15) is 0 Å². The molecule has 1 aromatic heterocycles. The third-order valence-corrected chi connectivity index (χ3v) is 2.88. The summed E-state index contributed by atoms with van der Waals surface area (Å²) in [6, 6.07) is 0.